The van der Waals surface area contributed by atoms with Gasteiger partial charge >= 0.3 is 0 Å². The number of hydrogen-bond acceptors (Lipinski definition) is 3. The molecule has 2 aromatic rings. The van der Waals surface area contributed by atoms with Crippen LogP contribution < -0.4 is 5.56 Å². The summed E-state index contributed by atoms with van der Waals surface area (Å²) in [6.07, 6.45) is 2.85. The molecule has 0 amide bonds. The summed E-state index contributed by atoms with van der Waals surface area (Å²) in [5.41, 5.74) is 0.357. The Morgan fingerprint density at radius 2 is 2.18 bits per heavy atom. The van der Waals surface area contributed by atoms with Gasteiger partial charge in [-0.1, -0.05) is 0 Å². The number of fused-ring (bicyclic) bond motifs is 1. The van der Waals surface area contributed by atoms with Gasteiger partial charge < -0.3 is 0 Å². The Balaban J connectivity index is 0.000000605. The Hall–Kier alpha value is -1.36. The highest BCUT2D eigenvalue weighted by Crippen LogP contribution is 1.95. The quantitative estimate of drug-likeness (QED) is 0.591. The maximum atomic E-state index is 10.8. The predicted molar refractivity (Wildman–Crippen MR) is 41.8 cm³/mol. The second-order valence-corrected chi connectivity index (χ2v) is 1.86. The van der Waals surface area contributed by atoms with Crippen LogP contribution in [0.4, 0.5) is 0 Å². The van der Waals surface area contributed by atoms with E-state index in [1.54, 1.807) is 0 Å². The maximum absolute atomic E-state index is 10.8. The lowest BCUT2D eigenvalue weighted by molar-refractivity contribution is 1.06. The molecule has 2 heterocycles. The Bertz CT molecular complexity index is 406. The van der Waals surface area contributed by atoms with Crippen LogP contribution in [0.1, 0.15) is 0 Å². The first-order valence-corrected chi connectivity index (χ1v) is 2.74. The van der Waals surface area contributed by atoms with Crippen molar-refractivity contribution in [3.63, 3.8) is 0 Å². The summed E-state index contributed by atoms with van der Waals surface area (Å²) >= 11 is 0. The number of aromatic nitrogens is 4. The lowest BCUT2D eigenvalue weighted by Gasteiger charge is -1.79. The first-order chi connectivity index (χ1) is 4.88. The Kier molecular flexibility index (Phi) is 1.91. The van der Waals surface area contributed by atoms with Gasteiger partial charge in [0, 0.05) is 6.20 Å². The molecule has 0 aliphatic carbocycles. The molecule has 0 saturated carbocycles. The molecule has 0 spiro atoms. The van der Waals surface area contributed by atoms with Crippen molar-refractivity contribution in [1.29, 1.82) is 0 Å². The minimum atomic E-state index is -0.185. The second-order valence-electron chi connectivity index (χ2n) is 1.86. The van der Waals surface area contributed by atoms with Crippen LogP contribution in [-0.4, -0.2) is 20.2 Å². The number of aromatic amines is 2. The Morgan fingerprint density at radius 1 is 1.36 bits per heavy atom. The zero-order chi connectivity index (χ0) is 6.97. The van der Waals surface area contributed by atoms with E-state index < -0.39 is 0 Å². The van der Waals surface area contributed by atoms with Crippen molar-refractivity contribution in [2.24, 2.45) is 0 Å². The monoisotopic (exact) mass is 172 g/mol. The van der Waals surface area contributed by atoms with Gasteiger partial charge in [0.2, 0.25) is 0 Å². The molecule has 0 saturated heterocycles. The van der Waals surface area contributed by atoms with Crippen molar-refractivity contribution in [1.82, 2.24) is 20.2 Å². The summed E-state index contributed by atoms with van der Waals surface area (Å²) in [6, 6.07) is 0. The molecule has 0 fully saturated rings. The van der Waals surface area contributed by atoms with Crippen molar-refractivity contribution in [3.05, 3.63) is 22.9 Å². The van der Waals surface area contributed by atoms with Crippen LogP contribution in [0.25, 0.3) is 11.0 Å². The summed E-state index contributed by atoms with van der Waals surface area (Å²) in [6.45, 7) is 0. The van der Waals surface area contributed by atoms with Crippen LogP contribution >= 0.6 is 12.4 Å². The first-order valence-electron chi connectivity index (χ1n) is 2.74. The average Bonchev–Trinajstić information content (AvgIpc) is 2.34. The number of nitrogens with zero attached hydrogens (tertiary/aromatic N) is 2. The van der Waals surface area contributed by atoms with Crippen LogP contribution in [0.5, 0.6) is 0 Å². The molecule has 5 nitrogen and oxygen atoms in total. The highest BCUT2D eigenvalue weighted by atomic mass is 35.5. The van der Waals surface area contributed by atoms with E-state index in [-0.39, 0.29) is 18.0 Å². The summed E-state index contributed by atoms with van der Waals surface area (Å²) < 4.78 is 0. The standard InChI is InChI=1S/C5H4N4O.ClH/c10-5-3-1-6-2-7-4(3)8-9-5;/h1-2H,(H2,6,7,8,9,10);1H. The van der Waals surface area contributed by atoms with E-state index in [1.807, 2.05) is 0 Å². The van der Waals surface area contributed by atoms with Gasteiger partial charge in [0.1, 0.15) is 11.7 Å². The lowest BCUT2D eigenvalue weighted by atomic mass is 10.4. The lowest BCUT2D eigenvalue weighted by Crippen LogP contribution is -1.97. The van der Waals surface area contributed by atoms with Crippen molar-refractivity contribution in [3.8, 4) is 0 Å². The molecule has 2 rings (SSSR count). The molecule has 0 unspecified atom stereocenters. The summed E-state index contributed by atoms with van der Waals surface area (Å²) in [7, 11) is 0. The van der Waals surface area contributed by atoms with Gasteiger partial charge in [-0.2, -0.15) is 0 Å². The normalized spacial score (nSPS) is 9.45. The third-order valence-electron chi connectivity index (χ3n) is 1.25. The van der Waals surface area contributed by atoms with Crippen molar-refractivity contribution >= 4 is 23.4 Å². The van der Waals surface area contributed by atoms with Crippen molar-refractivity contribution in [2.75, 3.05) is 0 Å². The number of hydrogen-bond donors (Lipinski definition) is 2. The van der Waals surface area contributed by atoms with Gasteiger partial charge in [0.15, 0.2) is 5.65 Å². The number of halogens is 1. The average molecular weight is 173 g/mol. The van der Waals surface area contributed by atoms with Crippen LogP contribution in [0.2, 0.25) is 0 Å². The Labute approximate surface area is 67.3 Å². The third-order valence-corrected chi connectivity index (χ3v) is 1.25. The zero-order valence-corrected chi connectivity index (χ0v) is 6.18. The van der Waals surface area contributed by atoms with E-state index in [0.717, 1.165) is 0 Å². The second kappa shape index (κ2) is 2.71. The molecular weight excluding hydrogens is 168 g/mol. The first kappa shape index (κ1) is 7.74. The highest BCUT2D eigenvalue weighted by Gasteiger charge is 1.97. The molecule has 0 bridgehead atoms. The van der Waals surface area contributed by atoms with Crippen LogP contribution in [-0.2, 0) is 0 Å². The van der Waals surface area contributed by atoms with Gasteiger partial charge in [-0.3, -0.25) is 15.0 Å². The molecule has 2 N–H and O–H groups in total. The van der Waals surface area contributed by atoms with E-state index in [4.69, 9.17) is 0 Å². The molecule has 0 aliphatic heterocycles. The van der Waals surface area contributed by atoms with Crippen molar-refractivity contribution < 1.29 is 0 Å². The number of H-pyrrole nitrogens is 2. The van der Waals surface area contributed by atoms with Gasteiger partial charge in [-0.15, -0.1) is 12.4 Å². The molecular formula is C5H5ClN4O. The minimum Gasteiger partial charge on any atom is -0.281 e. The molecule has 0 radical (unpaired) electrons. The van der Waals surface area contributed by atoms with E-state index in [2.05, 4.69) is 20.2 Å². The zero-order valence-electron chi connectivity index (χ0n) is 5.37. The molecule has 0 aliphatic rings. The summed E-state index contributed by atoms with van der Waals surface area (Å²) in [4.78, 5) is 18.3. The fraction of sp³-hybridized carbons (Fsp3) is 0. The summed E-state index contributed by atoms with van der Waals surface area (Å²) in [5.74, 6) is 0. The Morgan fingerprint density at radius 3 is 2.91 bits per heavy atom. The molecule has 2 aromatic heterocycles. The van der Waals surface area contributed by atoms with E-state index in [1.165, 1.54) is 12.5 Å². The third kappa shape index (κ3) is 1.10. The van der Waals surface area contributed by atoms with Gasteiger partial charge in [-0.05, 0) is 0 Å². The highest BCUT2D eigenvalue weighted by molar-refractivity contribution is 5.85. The smallest absolute Gasteiger partial charge is 0.275 e. The van der Waals surface area contributed by atoms with E-state index >= 15 is 0 Å². The number of nitrogens with one attached hydrogen (secondary N) is 2. The fourth-order valence-electron chi connectivity index (χ4n) is 0.779. The fourth-order valence-corrected chi connectivity index (χ4v) is 0.779. The van der Waals surface area contributed by atoms with Gasteiger partial charge in [0.05, 0.1) is 0 Å². The molecule has 58 valence electrons. The predicted octanol–water partition coefficient (Wildman–Crippen LogP) is 0.0680. The van der Waals surface area contributed by atoms with Gasteiger partial charge in [0.25, 0.3) is 5.56 Å². The summed E-state index contributed by atoms with van der Waals surface area (Å²) in [5, 5.41) is 5.48. The largest absolute Gasteiger partial charge is 0.281 e. The van der Waals surface area contributed by atoms with Crippen LogP contribution in [0.3, 0.4) is 0 Å². The molecule has 0 aromatic carbocycles. The SMILES string of the molecule is Cl.O=c1[nH][nH]c2ncncc12. The molecule has 0 atom stereocenters. The maximum Gasteiger partial charge on any atom is 0.275 e. The van der Waals surface area contributed by atoms with Crippen LogP contribution in [0, 0.1) is 0 Å². The van der Waals surface area contributed by atoms with Gasteiger partial charge in [-0.25, -0.2) is 9.97 Å². The number of rotatable bonds is 0. The van der Waals surface area contributed by atoms with Crippen molar-refractivity contribution in [2.45, 2.75) is 0 Å². The van der Waals surface area contributed by atoms with E-state index in [9.17, 15) is 4.79 Å². The topological polar surface area (TPSA) is 74.4 Å². The molecule has 6 heteroatoms. The van der Waals surface area contributed by atoms with Crippen LogP contribution in [0.15, 0.2) is 17.3 Å². The molecule has 11 heavy (non-hydrogen) atoms. The minimum absolute atomic E-state index is 0. The van der Waals surface area contributed by atoms with E-state index in [0.29, 0.717) is 11.0 Å².